The van der Waals surface area contributed by atoms with Gasteiger partial charge in [-0.15, -0.1) is 0 Å². The number of ether oxygens (including phenoxy) is 1. The van der Waals surface area contributed by atoms with Crippen molar-refractivity contribution in [1.29, 1.82) is 0 Å². The van der Waals surface area contributed by atoms with E-state index in [1.54, 1.807) is 6.07 Å². The van der Waals surface area contributed by atoms with E-state index >= 15 is 0 Å². The Morgan fingerprint density at radius 1 is 1.18 bits per heavy atom. The second kappa shape index (κ2) is 4.17. The van der Waals surface area contributed by atoms with Crippen molar-refractivity contribution in [2.45, 2.75) is 20.8 Å². The Bertz CT molecular complexity index is 597. The summed E-state index contributed by atoms with van der Waals surface area (Å²) >= 11 is 0. The van der Waals surface area contributed by atoms with Gasteiger partial charge in [-0.1, -0.05) is 6.07 Å². The third-order valence-corrected chi connectivity index (χ3v) is 2.78. The van der Waals surface area contributed by atoms with Gasteiger partial charge in [0.1, 0.15) is 0 Å². The van der Waals surface area contributed by atoms with Crippen LogP contribution in [0.5, 0.6) is 0 Å². The largest absolute Gasteiger partial charge is 0.465 e. The summed E-state index contributed by atoms with van der Waals surface area (Å²) in [5, 5.41) is 0.882. The van der Waals surface area contributed by atoms with Gasteiger partial charge in [0.2, 0.25) is 0 Å². The summed E-state index contributed by atoms with van der Waals surface area (Å²) in [6, 6.07) is 5.81. The molecule has 0 N–H and O–H groups in total. The van der Waals surface area contributed by atoms with Crippen LogP contribution >= 0.6 is 0 Å². The van der Waals surface area contributed by atoms with E-state index in [0.29, 0.717) is 5.56 Å². The van der Waals surface area contributed by atoms with Crippen LogP contribution in [0.1, 0.15) is 27.2 Å². The maximum atomic E-state index is 11.8. The number of nitrogens with zero attached hydrogens (tertiary/aromatic N) is 1. The first-order valence-corrected chi connectivity index (χ1v) is 5.50. The normalized spacial score (nSPS) is 10.6. The number of pyridine rings is 1. The van der Waals surface area contributed by atoms with Crippen LogP contribution in [0, 0.1) is 20.8 Å². The summed E-state index contributed by atoms with van der Waals surface area (Å²) in [6.45, 7) is 5.89. The number of carbonyl (C=O) groups is 1. The van der Waals surface area contributed by atoms with Crippen LogP contribution in [0.3, 0.4) is 0 Å². The summed E-state index contributed by atoms with van der Waals surface area (Å²) in [5.41, 5.74) is 4.45. The third-order valence-electron chi connectivity index (χ3n) is 2.78. The minimum Gasteiger partial charge on any atom is -0.465 e. The van der Waals surface area contributed by atoms with Crippen molar-refractivity contribution in [3.05, 3.63) is 40.6 Å². The van der Waals surface area contributed by atoms with E-state index in [2.05, 4.69) is 4.98 Å². The van der Waals surface area contributed by atoms with Crippen molar-refractivity contribution in [3.63, 3.8) is 0 Å². The summed E-state index contributed by atoms with van der Waals surface area (Å²) < 4.78 is 4.82. The van der Waals surface area contributed by atoms with Gasteiger partial charge < -0.3 is 4.74 Å². The molecule has 1 aromatic carbocycles. The second-order valence-electron chi connectivity index (χ2n) is 4.28. The van der Waals surface area contributed by atoms with Gasteiger partial charge in [0.25, 0.3) is 0 Å². The monoisotopic (exact) mass is 229 g/mol. The Kier molecular flexibility index (Phi) is 2.84. The number of hydrogen-bond acceptors (Lipinski definition) is 3. The average molecular weight is 229 g/mol. The molecule has 0 saturated carbocycles. The molecule has 0 unspecified atom stereocenters. The fourth-order valence-electron chi connectivity index (χ4n) is 2.16. The van der Waals surface area contributed by atoms with E-state index in [-0.39, 0.29) is 5.97 Å². The highest BCUT2D eigenvalue weighted by molar-refractivity contribution is 6.04. The average Bonchev–Trinajstić information content (AvgIpc) is 2.25. The van der Waals surface area contributed by atoms with Crippen LogP contribution in [0.2, 0.25) is 0 Å². The number of carbonyl (C=O) groups excluding carboxylic acids is 1. The number of aromatic nitrogens is 1. The van der Waals surface area contributed by atoms with Gasteiger partial charge in [-0.25, -0.2) is 4.79 Å². The molecule has 3 nitrogen and oxygen atoms in total. The summed E-state index contributed by atoms with van der Waals surface area (Å²) in [7, 11) is 1.40. The van der Waals surface area contributed by atoms with Crippen molar-refractivity contribution >= 4 is 16.9 Å². The van der Waals surface area contributed by atoms with Crippen molar-refractivity contribution in [2.75, 3.05) is 7.11 Å². The Morgan fingerprint density at radius 2 is 1.88 bits per heavy atom. The zero-order chi connectivity index (χ0) is 12.6. The molecule has 1 heterocycles. The molecule has 0 radical (unpaired) electrons. The second-order valence-corrected chi connectivity index (χ2v) is 4.28. The fourth-order valence-corrected chi connectivity index (χ4v) is 2.16. The van der Waals surface area contributed by atoms with Crippen LogP contribution in [-0.2, 0) is 4.74 Å². The Morgan fingerprint density at radius 3 is 2.53 bits per heavy atom. The molecule has 2 aromatic rings. The molecule has 0 spiro atoms. The molecule has 17 heavy (non-hydrogen) atoms. The van der Waals surface area contributed by atoms with Gasteiger partial charge >= 0.3 is 5.97 Å². The van der Waals surface area contributed by atoms with Crippen LogP contribution in [0.25, 0.3) is 10.9 Å². The van der Waals surface area contributed by atoms with Crippen LogP contribution in [0.4, 0.5) is 0 Å². The smallest absolute Gasteiger partial charge is 0.338 e. The first-order valence-electron chi connectivity index (χ1n) is 5.50. The molecular formula is C14H15NO2. The molecule has 0 atom stereocenters. The fraction of sp³-hybridized carbons (Fsp3) is 0.286. The van der Waals surface area contributed by atoms with E-state index < -0.39 is 0 Å². The number of hydrogen-bond donors (Lipinski definition) is 0. The molecule has 0 amide bonds. The predicted molar refractivity (Wildman–Crippen MR) is 67.3 cm³/mol. The molecular weight excluding hydrogens is 214 g/mol. The lowest BCUT2D eigenvalue weighted by Gasteiger charge is -2.09. The Balaban J connectivity index is 2.87. The van der Waals surface area contributed by atoms with E-state index in [9.17, 15) is 4.79 Å². The van der Waals surface area contributed by atoms with Gasteiger partial charge in [0, 0.05) is 11.1 Å². The highest BCUT2D eigenvalue weighted by atomic mass is 16.5. The summed E-state index contributed by atoms with van der Waals surface area (Å²) in [5.74, 6) is -0.313. The van der Waals surface area contributed by atoms with Crippen LogP contribution in [0.15, 0.2) is 18.2 Å². The molecule has 0 fully saturated rings. The standard InChI is InChI=1S/C14H15NO2/c1-8-5-9(2)13-11(14(16)17-4)7-10(3)15-12(13)6-8/h5-7H,1-4H3. The van der Waals surface area contributed by atoms with Gasteiger partial charge in [-0.3, -0.25) is 4.98 Å². The van der Waals surface area contributed by atoms with Crippen molar-refractivity contribution in [1.82, 2.24) is 4.98 Å². The third kappa shape index (κ3) is 2.00. The van der Waals surface area contributed by atoms with Gasteiger partial charge in [0.05, 0.1) is 18.2 Å². The quantitative estimate of drug-likeness (QED) is 0.706. The van der Waals surface area contributed by atoms with Crippen LogP contribution in [-0.4, -0.2) is 18.1 Å². The van der Waals surface area contributed by atoms with E-state index in [1.807, 2.05) is 32.9 Å². The highest BCUT2D eigenvalue weighted by Crippen LogP contribution is 2.24. The maximum Gasteiger partial charge on any atom is 0.338 e. The molecule has 88 valence electrons. The zero-order valence-electron chi connectivity index (χ0n) is 10.5. The molecule has 2 rings (SSSR count). The molecule has 0 aliphatic heterocycles. The summed E-state index contributed by atoms with van der Waals surface area (Å²) in [4.78, 5) is 16.2. The molecule has 3 heteroatoms. The first-order chi connectivity index (χ1) is 8.02. The number of rotatable bonds is 1. The maximum absolute atomic E-state index is 11.8. The van der Waals surface area contributed by atoms with Gasteiger partial charge in [0.15, 0.2) is 0 Å². The van der Waals surface area contributed by atoms with E-state index in [4.69, 9.17) is 4.74 Å². The molecule has 0 bridgehead atoms. The number of fused-ring (bicyclic) bond motifs is 1. The lowest BCUT2D eigenvalue weighted by atomic mass is 10.0. The number of aryl methyl sites for hydroxylation is 3. The van der Waals surface area contributed by atoms with Crippen LogP contribution < -0.4 is 0 Å². The number of methoxy groups -OCH3 is 1. The predicted octanol–water partition coefficient (Wildman–Crippen LogP) is 2.95. The molecule has 0 aliphatic rings. The highest BCUT2D eigenvalue weighted by Gasteiger charge is 2.14. The van der Waals surface area contributed by atoms with Crippen molar-refractivity contribution in [3.8, 4) is 0 Å². The van der Waals surface area contributed by atoms with Crippen molar-refractivity contribution in [2.24, 2.45) is 0 Å². The van der Waals surface area contributed by atoms with E-state index in [0.717, 1.165) is 27.7 Å². The lowest BCUT2D eigenvalue weighted by Crippen LogP contribution is -2.05. The minimum atomic E-state index is -0.313. The Hall–Kier alpha value is -1.90. The van der Waals surface area contributed by atoms with Gasteiger partial charge in [-0.2, -0.15) is 0 Å². The van der Waals surface area contributed by atoms with Crippen molar-refractivity contribution < 1.29 is 9.53 Å². The SMILES string of the molecule is COC(=O)c1cc(C)nc2cc(C)cc(C)c12. The summed E-state index contributed by atoms with van der Waals surface area (Å²) in [6.07, 6.45) is 0. The number of esters is 1. The molecule has 1 aromatic heterocycles. The molecule has 0 aliphatic carbocycles. The number of benzene rings is 1. The lowest BCUT2D eigenvalue weighted by molar-refractivity contribution is 0.0602. The molecule has 0 saturated heterocycles. The van der Waals surface area contributed by atoms with E-state index in [1.165, 1.54) is 7.11 Å². The Labute approximate surface area is 100 Å². The zero-order valence-corrected chi connectivity index (χ0v) is 10.5. The topological polar surface area (TPSA) is 39.2 Å². The minimum absolute atomic E-state index is 0.313. The first kappa shape index (κ1) is 11.6. The van der Waals surface area contributed by atoms with Gasteiger partial charge in [-0.05, 0) is 44.0 Å².